The molecule has 0 saturated carbocycles. The normalized spacial score (nSPS) is 14.1. The van der Waals surface area contributed by atoms with E-state index in [9.17, 15) is 64.5 Å². The van der Waals surface area contributed by atoms with Crippen LogP contribution in [0.1, 0.15) is 67.2 Å². The fraction of sp³-hybridized carbons (Fsp3) is 0.321. The summed E-state index contributed by atoms with van der Waals surface area (Å²) >= 11 is 0. The number of nitrogens with one attached hydrogen (secondary N) is 2. The molecule has 80 heavy (non-hydrogen) atoms. The number of morpholine rings is 1. The van der Waals surface area contributed by atoms with Crippen LogP contribution in [0.2, 0.25) is 0 Å². The van der Waals surface area contributed by atoms with Crippen molar-refractivity contribution >= 4 is 33.4 Å². The predicted octanol–water partition coefficient (Wildman–Crippen LogP) is 7.54. The summed E-state index contributed by atoms with van der Waals surface area (Å²) in [5, 5.41) is 23.7. The zero-order valence-corrected chi connectivity index (χ0v) is 44.9. The van der Waals surface area contributed by atoms with Crippen molar-refractivity contribution in [1.82, 2.24) is 19.8 Å². The third kappa shape index (κ3) is 14.6. The van der Waals surface area contributed by atoms with Crippen LogP contribution >= 0.6 is 0 Å². The average Bonchev–Trinajstić information content (AvgIpc) is 3.45. The van der Waals surface area contributed by atoms with Gasteiger partial charge in [-0.2, -0.15) is 36.9 Å². The first kappa shape index (κ1) is 60.1. The van der Waals surface area contributed by atoms with Gasteiger partial charge in [-0.1, -0.05) is 12.1 Å². The average molecular weight is 1150 g/mol. The number of aromatic nitrogens is 2. The Kier molecular flexibility index (Phi) is 20.0. The summed E-state index contributed by atoms with van der Waals surface area (Å²) < 4.78 is 130. The van der Waals surface area contributed by atoms with E-state index in [4.69, 9.17) is 14.2 Å². The van der Waals surface area contributed by atoms with E-state index in [2.05, 4.69) is 10.6 Å². The summed E-state index contributed by atoms with van der Waals surface area (Å²) in [5.41, 5.74) is -4.57. The fourth-order valence-corrected chi connectivity index (χ4v) is 11.5. The van der Waals surface area contributed by atoms with Crippen molar-refractivity contribution in [1.29, 1.82) is 10.5 Å². The highest BCUT2D eigenvalue weighted by atomic mass is 32.2. The molecule has 2 amide bonds. The van der Waals surface area contributed by atoms with E-state index in [0.29, 0.717) is 54.9 Å². The third-order valence-corrected chi connectivity index (χ3v) is 16.3. The number of pyridine rings is 2. The van der Waals surface area contributed by atoms with Crippen LogP contribution in [0, 0.1) is 36.5 Å². The molecule has 0 spiro atoms. The molecule has 1 aliphatic rings. The highest BCUT2D eigenvalue weighted by Crippen LogP contribution is 2.33. The van der Waals surface area contributed by atoms with Crippen LogP contribution in [0.4, 0.5) is 26.3 Å². The van der Waals surface area contributed by atoms with Gasteiger partial charge in [0.05, 0.1) is 119 Å². The molecular formula is C56H54F6N7O9S2+. The van der Waals surface area contributed by atoms with Gasteiger partial charge in [0.2, 0.25) is 0 Å². The van der Waals surface area contributed by atoms with Gasteiger partial charge in [0.15, 0.2) is 0 Å². The summed E-state index contributed by atoms with van der Waals surface area (Å²) in [6, 6.07) is 25.8. The highest BCUT2D eigenvalue weighted by molar-refractivity contribution is 7.85. The minimum Gasteiger partial charge on any atom is -0.379 e. The smallest absolute Gasteiger partial charge is 0.379 e. The minimum absolute atomic E-state index is 0.00618. The molecule has 6 aromatic rings. The molecule has 1 saturated heterocycles. The number of rotatable bonds is 22. The van der Waals surface area contributed by atoms with Crippen molar-refractivity contribution in [3.63, 3.8) is 0 Å². The molecule has 420 valence electrons. The molecule has 4 aromatic carbocycles. The number of carbonyl (C=O) groups excluding carboxylic acids is 2. The molecule has 1 aliphatic heterocycles. The minimum atomic E-state index is -4.74. The number of hydrogen-bond acceptors (Lipinski definition) is 11. The van der Waals surface area contributed by atoms with Crippen molar-refractivity contribution in [2.45, 2.75) is 58.6 Å². The van der Waals surface area contributed by atoms with E-state index in [-0.39, 0.29) is 68.6 Å². The number of nitrogens with zero attached hydrogens (tertiary/aromatic N) is 5. The van der Waals surface area contributed by atoms with Gasteiger partial charge in [-0.25, -0.2) is 8.42 Å². The second-order valence-electron chi connectivity index (χ2n) is 18.5. The van der Waals surface area contributed by atoms with Crippen LogP contribution in [0.5, 0.6) is 0 Å². The molecule has 2 unspecified atom stereocenters. The van der Waals surface area contributed by atoms with Crippen molar-refractivity contribution in [2.75, 3.05) is 78.9 Å². The monoisotopic (exact) mass is 1150 g/mol. The second kappa shape index (κ2) is 26.6. The standard InChI is InChI=1S/C56H53F6N7O9S2/c1-37-49(79(74)45-15-11-39(35-63)12-16-45)33-47(53(72)67(37)43-9-3-7-41(31-43)55(57,58)59)51(70)65-19-27-76-25-5-21-69(23-29-78-30-24-69)22-6-26-77-28-20-66-52(71)48-34-50(80(75)46-17-13-40(36-64)14-18-46)38(2)68(54(48)73)44-10-4-8-42(32-44)56(60,61)62/h3-4,7-18,31-34H,5-6,19-30H2,1-2H3,(H-,65,66,70,71)/p+1. The molecule has 0 bridgehead atoms. The Bertz CT molecular complexity index is 3270. The molecular weight excluding hydrogens is 1090 g/mol. The zero-order chi connectivity index (χ0) is 57.8. The number of quaternary nitrogens is 1. The molecule has 3 heterocycles. The lowest BCUT2D eigenvalue weighted by Crippen LogP contribution is -2.56. The van der Waals surface area contributed by atoms with Crippen LogP contribution in [0.3, 0.4) is 0 Å². The summed E-state index contributed by atoms with van der Waals surface area (Å²) in [6.45, 7) is 7.42. The van der Waals surface area contributed by atoms with Crippen molar-refractivity contribution in [3.8, 4) is 23.5 Å². The first-order valence-corrected chi connectivity index (χ1v) is 27.3. The molecule has 16 nitrogen and oxygen atoms in total. The van der Waals surface area contributed by atoms with E-state index < -0.39 is 79.1 Å². The van der Waals surface area contributed by atoms with E-state index in [1.54, 1.807) is 0 Å². The van der Waals surface area contributed by atoms with Gasteiger partial charge in [-0.3, -0.25) is 28.3 Å². The largest absolute Gasteiger partial charge is 0.416 e. The van der Waals surface area contributed by atoms with Crippen LogP contribution in [-0.4, -0.2) is 113 Å². The van der Waals surface area contributed by atoms with Crippen molar-refractivity contribution < 1.29 is 63.0 Å². The molecule has 2 aromatic heterocycles. The maximum absolute atomic E-state index is 13.9. The third-order valence-electron chi connectivity index (χ3n) is 13.3. The Balaban J connectivity index is 0.915. The van der Waals surface area contributed by atoms with E-state index in [0.717, 1.165) is 83.8 Å². The van der Waals surface area contributed by atoms with Crippen molar-refractivity contribution in [2.24, 2.45) is 0 Å². The molecule has 2 N–H and O–H groups in total. The quantitative estimate of drug-likeness (QED) is 0.0385. The maximum atomic E-state index is 13.9. The lowest BCUT2D eigenvalue weighted by molar-refractivity contribution is -0.935. The number of halogens is 6. The SMILES string of the molecule is Cc1c(S(=O)c2ccc(C#N)cc2)cc(C(=O)NCCOCCC[N+]2(CCCOCCNC(=O)c3cc(S(=O)c4ccc(C#N)cc4)c(C)n(-c4cccc(C(F)(F)F)c4)c3=O)CCOCC2)c(=O)n1-c1cccc(C(F)(F)F)c1. The van der Waals surface area contributed by atoms with Gasteiger partial charge in [0.1, 0.15) is 24.2 Å². The molecule has 2 atom stereocenters. The second-order valence-corrected chi connectivity index (χ2v) is 21.4. The van der Waals surface area contributed by atoms with Gasteiger partial charge in [-0.05, 0) is 111 Å². The van der Waals surface area contributed by atoms with E-state index in [1.165, 1.54) is 74.5 Å². The van der Waals surface area contributed by atoms with E-state index in [1.807, 2.05) is 12.1 Å². The summed E-state index contributed by atoms with van der Waals surface area (Å²) in [6.07, 6.45) is -8.23. The predicted molar refractivity (Wildman–Crippen MR) is 281 cm³/mol. The van der Waals surface area contributed by atoms with Crippen LogP contribution < -0.4 is 21.8 Å². The zero-order valence-electron chi connectivity index (χ0n) is 43.3. The fourth-order valence-electron chi connectivity index (χ4n) is 9.05. The Morgan fingerprint density at radius 2 is 1.00 bits per heavy atom. The molecule has 0 radical (unpaired) electrons. The van der Waals surface area contributed by atoms with Crippen molar-refractivity contribution in [3.05, 3.63) is 175 Å². The lowest BCUT2D eigenvalue weighted by atomic mass is 10.1. The Morgan fingerprint density at radius 3 is 1.36 bits per heavy atom. The molecule has 7 rings (SSSR count). The van der Waals surface area contributed by atoms with Gasteiger partial charge >= 0.3 is 12.4 Å². The summed E-state index contributed by atoms with van der Waals surface area (Å²) in [5.74, 6) is -1.73. The van der Waals surface area contributed by atoms with Gasteiger partial charge in [-0.15, -0.1) is 0 Å². The van der Waals surface area contributed by atoms with Gasteiger partial charge < -0.3 is 29.3 Å². The highest BCUT2D eigenvalue weighted by Gasteiger charge is 2.34. The molecule has 0 aliphatic carbocycles. The van der Waals surface area contributed by atoms with E-state index >= 15 is 0 Å². The molecule has 24 heteroatoms. The first-order valence-electron chi connectivity index (χ1n) is 25.0. The number of ether oxygens (including phenoxy) is 3. The topological polar surface area (TPSA) is 212 Å². The number of nitriles is 2. The van der Waals surface area contributed by atoms with Crippen LogP contribution in [-0.2, 0) is 48.2 Å². The summed E-state index contributed by atoms with van der Waals surface area (Å²) in [4.78, 5) is 55.4. The lowest BCUT2D eigenvalue weighted by Gasteiger charge is -2.41. The van der Waals surface area contributed by atoms with Gasteiger partial charge in [0.25, 0.3) is 22.9 Å². The van der Waals surface area contributed by atoms with Crippen LogP contribution in [0.25, 0.3) is 11.4 Å². The first-order chi connectivity index (χ1) is 38.2. The van der Waals surface area contributed by atoms with Gasteiger partial charge in [0, 0.05) is 58.5 Å². The Morgan fingerprint density at radius 1 is 0.613 bits per heavy atom. The number of hydrogen-bond donors (Lipinski definition) is 2. The molecule has 1 fully saturated rings. The Hall–Kier alpha value is -7.58. The Labute approximate surface area is 460 Å². The van der Waals surface area contributed by atoms with Crippen LogP contribution in [0.15, 0.2) is 138 Å². The number of amides is 2. The summed E-state index contributed by atoms with van der Waals surface area (Å²) in [7, 11) is -4.05. The maximum Gasteiger partial charge on any atom is 0.416 e. The number of alkyl halides is 6. The number of carbonyl (C=O) groups is 2. The number of benzene rings is 4.